The van der Waals surface area contributed by atoms with Gasteiger partial charge in [-0.05, 0) is 42.5 Å². The fraction of sp³-hybridized carbons (Fsp3) is 0.269. The molecule has 5 rings (SSSR count). The van der Waals surface area contributed by atoms with Gasteiger partial charge in [0.25, 0.3) is 11.8 Å². The zero-order chi connectivity index (χ0) is 22.1. The summed E-state index contributed by atoms with van der Waals surface area (Å²) < 4.78 is 0. The van der Waals surface area contributed by atoms with Gasteiger partial charge in [-0.3, -0.25) is 19.3 Å². The average molecular weight is 428 g/mol. The van der Waals surface area contributed by atoms with Crippen molar-refractivity contribution in [3.8, 4) is 0 Å². The third-order valence-electron chi connectivity index (χ3n) is 6.34. The Morgan fingerprint density at radius 1 is 0.906 bits per heavy atom. The first kappa shape index (κ1) is 20.2. The number of para-hydroxylation sites is 1. The number of hydrogen-bond acceptors (Lipinski definition) is 3. The van der Waals surface area contributed by atoms with Gasteiger partial charge in [-0.25, -0.2) is 0 Å². The molecule has 6 heteroatoms. The molecule has 3 aromatic rings. The molecule has 1 heterocycles. The zero-order valence-electron chi connectivity index (χ0n) is 17.8. The van der Waals surface area contributed by atoms with Crippen molar-refractivity contribution in [1.29, 1.82) is 0 Å². The first-order valence-electron chi connectivity index (χ1n) is 11.1. The molecule has 32 heavy (non-hydrogen) atoms. The highest BCUT2D eigenvalue weighted by Gasteiger charge is 2.31. The Hall–Kier alpha value is -3.67. The van der Waals surface area contributed by atoms with Crippen molar-refractivity contribution in [2.75, 3.05) is 16.8 Å². The van der Waals surface area contributed by atoms with Crippen LogP contribution >= 0.6 is 0 Å². The quantitative estimate of drug-likeness (QED) is 0.629. The molecule has 1 fully saturated rings. The van der Waals surface area contributed by atoms with Crippen molar-refractivity contribution >= 4 is 39.9 Å². The molecule has 0 unspecified atom stereocenters. The van der Waals surface area contributed by atoms with Crippen LogP contribution < -0.4 is 15.5 Å². The third-order valence-corrected chi connectivity index (χ3v) is 6.34. The zero-order valence-corrected chi connectivity index (χ0v) is 17.8. The van der Waals surface area contributed by atoms with Gasteiger partial charge in [0.05, 0.1) is 16.9 Å². The first-order valence-corrected chi connectivity index (χ1v) is 11.1. The van der Waals surface area contributed by atoms with E-state index in [1.165, 1.54) is 11.3 Å². The van der Waals surface area contributed by atoms with Gasteiger partial charge < -0.3 is 10.6 Å². The highest BCUT2D eigenvalue weighted by molar-refractivity contribution is 6.26. The number of carbonyl (C=O) groups is 3. The van der Waals surface area contributed by atoms with Crippen molar-refractivity contribution in [2.45, 2.75) is 38.1 Å². The molecule has 0 saturated heterocycles. The third kappa shape index (κ3) is 3.73. The molecule has 2 N–H and O–H groups in total. The van der Waals surface area contributed by atoms with Crippen molar-refractivity contribution in [3.05, 3.63) is 71.8 Å². The normalized spacial score (nSPS) is 15.8. The number of benzene rings is 3. The van der Waals surface area contributed by atoms with Gasteiger partial charge in [-0.1, -0.05) is 55.7 Å². The minimum Gasteiger partial charge on any atom is -0.349 e. The fourth-order valence-electron chi connectivity index (χ4n) is 4.77. The molecule has 3 aromatic carbocycles. The Morgan fingerprint density at radius 3 is 2.47 bits per heavy atom. The predicted molar refractivity (Wildman–Crippen MR) is 125 cm³/mol. The van der Waals surface area contributed by atoms with E-state index in [1.807, 2.05) is 30.3 Å². The lowest BCUT2D eigenvalue weighted by Gasteiger charge is -2.23. The van der Waals surface area contributed by atoms with Gasteiger partial charge in [-0.2, -0.15) is 0 Å². The minimum absolute atomic E-state index is 0.120. The second-order valence-corrected chi connectivity index (χ2v) is 8.47. The van der Waals surface area contributed by atoms with Gasteiger partial charge >= 0.3 is 0 Å². The summed E-state index contributed by atoms with van der Waals surface area (Å²) in [5.41, 5.74) is 2.23. The summed E-state index contributed by atoms with van der Waals surface area (Å²) >= 11 is 0. The summed E-state index contributed by atoms with van der Waals surface area (Å²) in [5.74, 6) is -0.710. The van der Waals surface area contributed by atoms with Crippen LogP contribution in [0.5, 0.6) is 0 Å². The molecular weight excluding hydrogens is 402 g/mol. The van der Waals surface area contributed by atoms with E-state index in [2.05, 4.69) is 10.6 Å². The van der Waals surface area contributed by atoms with E-state index < -0.39 is 0 Å². The van der Waals surface area contributed by atoms with Crippen LogP contribution in [0.3, 0.4) is 0 Å². The Morgan fingerprint density at radius 2 is 1.66 bits per heavy atom. The van der Waals surface area contributed by atoms with Crippen LogP contribution in [0, 0.1) is 0 Å². The molecule has 1 saturated carbocycles. The van der Waals surface area contributed by atoms with Gasteiger partial charge in [0.2, 0.25) is 5.91 Å². The van der Waals surface area contributed by atoms with E-state index in [4.69, 9.17) is 0 Å². The van der Waals surface area contributed by atoms with Gasteiger partial charge in [0.1, 0.15) is 6.54 Å². The van der Waals surface area contributed by atoms with Crippen LogP contribution in [0.1, 0.15) is 52.8 Å². The maximum absolute atomic E-state index is 12.9. The van der Waals surface area contributed by atoms with E-state index in [9.17, 15) is 14.4 Å². The highest BCUT2D eigenvalue weighted by atomic mass is 16.2. The molecule has 0 radical (unpaired) electrons. The number of nitrogens with zero attached hydrogens (tertiary/aromatic N) is 1. The molecule has 1 aliphatic heterocycles. The lowest BCUT2D eigenvalue weighted by atomic mass is 9.95. The van der Waals surface area contributed by atoms with E-state index in [0.29, 0.717) is 16.8 Å². The van der Waals surface area contributed by atoms with E-state index in [1.54, 1.807) is 30.3 Å². The summed E-state index contributed by atoms with van der Waals surface area (Å²) in [6, 6.07) is 18.5. The smallest absolute Gasteiger partial charge is 0.259 e. The highest BCUT2D eigenvalue weighted by Crippen LogP contribution is 2.37. The number of carbonyl (C=O) groups excluding carboxylic acids is 3. The molecule has 0 aromatic heterocycles. The van der Waals surface area contributed by atoms with Crippen LogP contribution in [-0.2, 0) is 4.79 Å². The monoisotopic (exact) mass is 427 g/mol. The number of rotatable bonds is 5. The van der Waals surface area contributed by atoms with Crippen molar-refractivity contribution in [3.63, 3.8) is 0 Å². The topological polar surface area (TPSA) is 78.5 Å². The molecule has 1 aliphatic carbocycles. The minimum atomic E-state index is -0.346. The van der Waals surface area contributed by atoms with Gasteiger partial charge in [0, 0.05) is 17.0 Å². The molecule has 162 valence electrons. The number of nitrogens with one attached hydrogen (secondary N) is 2. The fourth-order valence-corrected chi connectivity index (χ4v) is 4.77. The Kier molecular flexibility index (Phi) is 5.35. The molecule has 0 bridgehead atoms. The van der Waals surface area contributed by atoms with Crippen molar-refractivity contribution in [2.24, 2.45) is 0 Å². The SMILES string of the molecule is O=C(CN1C(=O)c2cccc3cccc1c23)Nc1ccccc1C(=O)NC1CCCCC1. The first-order chi connectivity index (χ1) is 15.6. The van der Waals surface area contributed by atoms with Crippen LogP contribution in [0.25, 0.3) is 10.8 Å². The molecule has 3 amide bonds. The average Bonchev–Trinajstić information content (AvgIpc) is 3.08. The van der Waals surface area contributed by atoms with Crippen LogP contribution in [0.15, 0.2) is 60.7 Å². The van der Waals surface area contributed by atoms with E-state index in [-0.39, 0.29) is 30.3 Å². The van der Waals surface area contributed by atoms with Crippen LogP contribution in [-0.4, -0.2) is 30.3 Å². The summed E-state index contributed by atoms with van der Waals surface area (Å²) in [6.45, 7) is -0.120. The van der Waals surface area contributed by atoms with Gasteiger partial charge in [-0.15, -0.1) is 0 Å². The molecule has 6 nitrogen and oxygen atoms in total. The Labute approximate surface area is 186 Å². The van der Waals surface area contributed by atoms with Crippen molar-refractivity contribution in [1.82, 2.24) is 5.32 Å². The van der Waals surface area contributed by atoms with E-state index >= 15 is 0 Å². The predicted octanol–water partition coefficient (Wildman–Crippen LogP) is 4.50. The largest absolute Gasteiger partial charge is 0.349 e. The molecule has 0 atom stereocenters. The van der Waals surface area contributed by atoms with Crippen molar-refractivity contribution < 1.29 is 14.4 Å². The lowest BCUT2D eigenvalue weighted by Crippen LogP contribution is -2.37. The standard InChI is InChI=1S/C26H25N3O3/c30-23(16-29-22-15-7-9-17-8-6-13-20(24(17)22)26(29)32)28-21-14-5-4-12-19(21)25(31)27-18-10-2-1-3-11-18/h4-9,12-15,18H,1-3,10-11,16H2,(H,27,31)(H,28,30). The molecule has 0 spiro atoms. The van der Waals surface area contributed by atoms with Crippen LogP contribution in [0.4, 0.5) is 11.4 Å². The second-order valence-electron chi connectivity index (χ2n) is 8.47. The number of hydrogen-bond donors (Lipinski definition) is 2. The maximum atomic E-state index is 12.9. The van der Waals surface area contributed by atoms with Gasteiger partial charge in [0.15, 0.2) is 0 Å². The number of anilines is 2. The lowest BCUT2D eigenvalue weighted by molar-refractivity contribution is -0.114. The number of amides is 3. The second kappa shape index (κ2) is 8.46. The molecular formula is C26H25N3O3. The maximum Gasteiger partial charge on any atom is 0.259 e. The van der Waals surface area contributed by atoms with Crippen LogP contribution in [0.2, 0.25) is 0 Å². The summed E-state index contributed by atoms with van der Waals surface area (Å²) in [7, 11) is 0. The molecule has 2 aliphatic rings. The van der Waals surface area contributed by atoms with E-state index in [0.717, 1.165) is 42.1 Å². The summed E-state index contributed by atoms with van der Waals surface area (Å²) in [4.78, 5) is 40.2. The summed E-state index contributed by atoms with van der Waals surface area (Å²) in [5, 5.41) is 7.79. The Balaban J connectivity index is 1.32. The Bertz CT molecular complexity index is 1210. The summed E-state index contributed by atoms with van der Waals surface area (Å²) in [6.07, 6.45) is 5.45.